The van der Waals surface area contributed by atoms with Crippen LogP contribution in [0, 0.1) is 0 Å². The lowest BCUT2D eigenvalue weighted by molar-refractivity contribution is -0.127. The van der Waals surface area contributed by atoms with Crippen LogP contribution in [0.5, 0.6) is 0 Å². The summed E-state index contributed by atoms with van der Waals surface area (Å²) in [6.07, 6.45) is -4.76. The summed E-state index contributed by atoms with van der Waals surface area (Å²) >= 11 is 7.19. The van der Waals surface area contributed by atoms with E-state index in [0.717, 1.165) is 0 Å². The summed E-state index contributed by atoms with van der Waals surface area (Å²) < 4.78 is 52.8. The van der Waals surface area contributed by atoms with Crippen molar-refractivity contribution < 1.29 is 17.6 Å². The predicted molar refractivity (Wildman–Crippen MR) is 87.3 cm³/mol. The van der Waals surface area contributed by atoms with Crippen LogP contribution >= 0.6 is 22.9 Å². The number of alkyl halides is 4. The van der Waals surface area contributed by atoms with Gasteiger partial charge in [0.1, 0.15) is 0 Å². The van der Waals surface area contributed by atoms with E-state index in [0.29, 0.717) is 21.2 Å². The van der Waals surface area contributed by atoms with Crippen molar-refractivity contribution >= 4 is 28.6 Å². The fourth-order valence-corrected chi connectivity index (χ4v) is 3.44. The zero-order valence-electron chi connectivity index (χ0n) is 12.2. The summed E-state index contributed by atoms with van der Waals surface area (Å²) in [6.45, 7) is 0. The van der Waals surface area contributed by atoms with Crippen molar-refractivity contribution in [3.63, 3.8) is 0 Å². The van der Waals surface area contributed by atoms with Crippen LogP contribution in [0.15, 0.2) is 47.4 Å². The maximum absolute atomic E-state index is 13.7. The molecule has 0 aliphatic carbocycles. The van der Waals surface area contributed by atoms with Gasteiger partial charge < -0.3 is 5.43 Å². The SMILES string of the molecule is FC(F)C(F)(F)CC1=C(c2cccs2)NNC1c1ccc(Cl)cc1. The number of hydrazine groups is 1. The van der Waals surface area contributed by atoms with Gasteiger partial charge in [-0.1, -0.05) is 29.8 Å². The molecule has 1 aliphatic rings. The van der Waals surface area contributed by atoms with Crippen molar-refractivity contribution in [2.24, 2.45) is 0 Å². The molecule has 1 aliphatic heterocycles. The third kappa shape index (κ3) is 3.43. The number of halogens is 5. The maximum atomic E-state index is 13.7. The van der Waals surface area contributed by atoms with Gasteiger partial charge in [0.15, 0.2) is 0 Å². The molecule has 2 aromatic rings. The number of rotatable bonds is 5. The molecule has 0 saturated heterocycles. The zero-order valence-corrected chi connectivity index (χ0v) is 13.8. The normalized spacial score (nSPS) is 18.3. The van der Waals surface area contributed by atoms with Crippen molar-refractivity contribution in [2.75, 3.05) is 0 Å². The second kappa shape index (κ2) is 6.74. The molecule has 0 fully saturated rings. The molecule has 2 nitrogen and oxygen atoms in total. The second-order valence-corrected chi connectivity index (χ2v) is 6.75. The van der Waals surface area contributed by atoms with Crippen molar-refractivity contribution in [3.05, 3.63) is 62.8 Å². The molecule has 0 radical (unpaired) electrons. The highest BCUT2D eigenvalue weighted by Crippen LogP contribution is 2.41. The molecule has 128 valence electrons. The van der Waals surface area contributed by atoms with Crippen molar-refractivity contribution in [2.45, 2.75) is 24.8 Å². The van der Waals surface area contributed by atoms with Gasteiger partial charge in [-0.05, 0) is 34.7 Å². The summed E-state index contributed by atoms with van der Waals surface area (Å²) in [4.78, 5) is 0.707. The summed E-state index contributed by atoms with van der Waals surface area (Å²) in [7, 11) is 0. The van der Waals surface area contributed by atoms with Gasteiger partial charge in [-0.2, -0.15) is 8.78 Å². The summed E-state index contributed by atoms with van der Waals surface area (Å²) in [5.74, 6) is -4.10. The van der Waals surface area contributed by atoms with Crippen molar-refractivity contribution in [1.82, 2.24) is 10.9 Å². The first-order chi connectivity index (χ1) is 11.4. The van der Waals surface area contributed by atoms with Gasteiger partial charge in [0.05, 0.1) is 16.6 Å². The Morgan fingerprint density at radius 3 is 2.46 bits per heavy atom. The maximum Gasteiger partial charge on any atom is 0.311 e. The molecule has 3 rings (SSSR count). The minimum atomic E-state index is -4.10. The van der Waals surface area contributed by atoms with Crippen LogP contribution in [0.3, 0.4) is 0 Å². The molecule has 1 aromatic heterocycles. The molecule has 2 N–H and O–H groups in total. The standard InChI is InChI=1S/C16H13ClF4N2S/c17-10-5-3-9(4-6-10)13-11(8-16(20,21)15(18)19)14(23-22-13)12-2-1-7-24-12/h1-7,13,15,22-23H,8H2. The highest BCUT2D eigenvalue weighted by atomic mass is 35.5. The largest absolute Gasteiger partial charge is 0.319 e. The number of thiophene rings is 1. The molecule has 1 aromatic carbocycles. The Kier molecular flexibility index (Phi) is 4.85. The van der Waals surface area contributed by atoms with Gasteiger partial charge in [0.2, 0.25) is 0 Å². The van der Waals surface area contributed by atoms with Crippen LogP contribution in [-0.2, 0) is 0 Å². The quantitative estimate of drug-likeness (QED) is 0.696. The third-order valence-electron chi connectivity index (χ3n) is 3.73. The van der Waals surface area contributed by atoms with Gasteiger partial charge >= 0.3 is 12.3 Å². The van der Waals surface area contributed by atoms with Crippen LogP contribution in [0.25, 0.3) is 5.70 Å². The average molecular weight is 377 g/mol. The Balaban J connectivity index is 2.01. The molecule has 0 bridgehead atoms. The van der Waals surface area contributed by atoms with E-state index in [-0.39, 0.29) is 5.57 Å². The Morgan fingerprint density at radius 2 is 1.88 bits per heavy atom. The molecule has 1 unspecified atom stereocenters. The third-order valence-corrected chi connectivity index (χ3v) is 4.87. The Bertz CT molecular complexity index is 729. The molecule has 8 heteroatoms. The molecule has 24 heavy (non-hydrogen) atoms. The molecular formula is C16H13ClF4N2S. The van der Waals surface area contributed by atoms with Gasteiger partial charge in [-0.3, -0.25) is 0 Å². The van der Waals surface area contributed by atoms with E-state index in [1.807, 2.05) is 0 Å². The number of hydrogen-bond donors (Lipinski definition) is 2. The van der Waals surface area contributed by atoms with E-state index >= 15 is 0 Å². The fraction of sp³-hybridized carbons (Fsp3) is 0.250. The summed E-state index contributed by atoms with van der Waals surface area (Å²) in [6, 6.07) is 9.50. The Labute approximate surface area is 145 Å². The highest BCUT2D eigenvalue weighted by molar-refractivity contribution is 7.11. The van der Waals surface area contributed by atoms with Gasteiger partial charge in [0, 0.05) is 11.4 Å². The minimum absolute atomic E-state index is 0.199. The lowest BCUT2D eigenvalue weighted by atomic mass is 9.93. The zero-order chi connectivity index (χ0) is 17.3. The van der Waals surface area contributed by atoms with E-state index in [9.17, 15) is 17.6 Å². The van der Waals surface area contributed by atoms with Crippen molar-refractivity contribution in [3.8, 4) is 0 Å². The van der Waals surface area contributed by atoms with E-state index in [2.05, 4.69) is 10.9 Å². The first-order valence-corrected chi connectivity index (χ1v) is 8.34. The van der Waals surface area contributed by atoms with E-state index < -0.39 is 24.8 Å². The van der Waals surface area contributed by atoms with E-state index in [1.165, 1.54) is 11.3 Å². The van der Waals surface area contributed by atoms with E-state index in [1.54, 1.807) is 41.8 Å². The first-order valence-electron chi connectivity index (χ1n) is 7.08. The monoisotopic (exact) mass is 376 g/mol. The number of benzene rings is 1. The number of hydrogen-bond acceptors (Lipinski definition) is 3. The van der Waals surface area contributed by atoms with Crippen LogP contribution in [0.2, 0.25) is 5.02 Å². The fourth-order valence-electron chi connectivity index (χ4n) is 2.56. The van der Waals surface area contributed by atoms with Gasteiger partial charge in [0.25, 0.3) is 0 Å². The van der Waals surface area contributed by atoms with Crippen LogP contribution in [0.1, 0.15) is 22.9 Å². The minimum Gasteiger partial charge on any atom is -0.319 e. The smallest absolute Gasteiger partial charge is 0.311 e. The molecule has 2 heterocycles. The average Bonchev–Trinajstić information content (AvgIpc) is 3.17. The predicted octanol–water partition coefficient (Wildman–Crippen LogP) is 5.25. The molecule has 0 spiro atoms. The summed E-state index contributed by atoms with van der Waals surface area (Å²) in [5.41, 5.74) is 7.05. The second-order valence-electron chi connectivity index (χ2n) is 5.37. The van der Waals surface area contributed by atoms with Crippen LogP contribution in [0.4, 0.5) is 17.6 Å². The van der Waals surface area contributed by atoms with Crippen LogP contribution < -0.4 is 10.9 Å². The summed E-state index contributed by atoms with van der Waals surface area (Å²) in [5, 5.41) is 2.30. The number of nitrogens with one attached hydrogen (secondary N) is 2. The van der Waals surface area contributed by atoms with Gasteiger partial charge in [-0.15, -0.1) is 11.3 Å². The van der Waals surface area contributed by atoms with Crippen LogP contribution in [-0.4, -0.2) is 12.3 Å². The molecular weight excluding hydrogens is 364 g/mol. The van der Waals surface area contributed by atoms with E-state index in [4.69, 9.17) is 11.6 Å². The highest BCUT2D eigenvalue weighted by Gasteiger charge is 2.44. The lowest BCUT2D eigenvalue weighted by Gasteiger charge is -2.20. The first kappa shape index (κ1) is 17.3. The van der Waals surface area contributed by atoms with Crippen molar-refractivity contribution in [1.29, 1.82) is 0 Å². The molecule has 1 atom stereocenters. The Morgan fingerprint density at radius 1 is 1.17 bits per heavy atom. The molecule has 0 amide bonds. The Hall–Kier alpha value is -1.57. The molecule has 0 saturated carbocycles. The lowest BCUT2D eigenvalue weighted by Crippen LogP contribution is -2.30. The topological polar surface area (TPSA) is 24.1 Å². The van der Waals surface area contributed by atoms with Gasteiger partial charge in [-0.25, -0.2) is 14.2 Å².